The van der Waals surface area contributed by atoms with Crippen LogP contribution in [0.2, 0.25) is 0 Å². The molecule has 0 unspecified atom stereocenters. The van der Waals surface area contributed by atoms with Gasteiger partial charge in [0.05, 0.1) is 19.7 Å². The van der Waals surface area contributed by atoms with Crippen LogP contribution in [0.1, 0.15) is 18.9 Å². The van der Waals surface area contributed by atoms with Crippen molar-refractivity contribution < 1.29 is 18.7 Å². The van der Waals surface area contributed by atoms with Crippen molar-refractivity contribution in [2.45, 2.75) is 19.8 Å². The van der Waals surface area contributed by atoms with Gasteiger partial charge in [-0.3, -0.25) is 4.79 Å². The number of aromatic nitrogens is 2. The number of nitrogens with one attached hydrogen (secondary N) is 2. The third-order valence-electron chi connectivity index (χ3n) is 3.41. The lowest BCUT2D eigenvalue weighted by molar-refractivity contribution is -0.115. The van der Waals surface area contributed by atoms with Crippen LogP contribution in [0, 0.1) is 5.82 Å². The Balaban J connectivity index is 2.08. The second-order valence-electron chi connectivity index (χ2n) is 5.39. The average molecular weight is 362 g/mol. The molecule has 0 fully saturated rings. The molecule has 8 nitrogen and oxygen atoms in total. The Morgan fingerprint density at radius 2 is 1.96 bits per heavy atom. The molecule has 0 saturated carbocycles. The molecule has 1 aromatic heterocycles. The molecule has 26 heavy (non-hydrogen) atoms. The van der Waals surface area contributed by atoms with Crippen LogP contribution in [0.4, 0.5) is 15.0 Å². The summed E-state index contributed by atoms with van der Waals surface area (Å²) in [5.74, 6) is -1.41. The number of rotatable bonds is 6. The predicted molar refractivity (Wildman–Crippen MR) is 92.9 cm³/mol. The smallest absolute Gasteiger partial charge is 0.358 e. The SMILES string of the molecule is CCCNC(=O)n1cc(F)c(NC(=O)Cc2ccc(OC)cc2)nc1=O. The van der Waals surface area contributed by atoms with Gasteiger partial charge in [0.2, 0.25) is 5.91 Å². The Kier molecular flexibility index (Phi) is 6.42. The zero-order chi connectivity index (χ0) is 19.1. The van der Waals surface area contributed by atoms with Crippen molar-refractivity contribution in [1.29, 1.82) is 0 Å². The molecule has 2 amide bonds. The first-order valence-corrected chi connectivity index (χ1v) is 7.94. The van der Waals surface area contributed by atoms with Crippen LogP contribution >= 0.6 is 0 Å². The summed E-state index contributed by atoms with van der Waals surface area (Å²) in [4.78, 5) is 39.1. The lowest BCUT2D eigenvalue weighted by atomic mass is 10.1. The Bertz CT molecular complexity index is 849. The van der Waals surface area contributed by atoms with Crippen molar-refractivity contribution >= 4 is 17.8 Å². The fourth-order valence-corrected chi connectivity index (χ4v) is 2.09. The van der Waals surface area contributed by atoms with Gasteiger partial charge in [-0.25, -0.2) is 18.5 Å². The summed E-state index contributed by atoms with van der Waals surface area (Å²) in [5.41, 5.74) is -0.309. The lowest BCUT2D eigenvalue weighted by Gasteiger charge is -2.09. The molecule has 138 valence electrons. The number of carbonyl (C=O) groups excluding carboxylic acids is 2. The van der Waals surface area contributed by atoms with E-state index >= 15 is 0 Å². The number of anilines is 1. The third kappa shape index (κ3) is 4.88. The van der Waals surface area contributed by atoms with Crippen LogP contribution in [0.15, 0.2) is 35.3 Å². The van der Waals surface area contributed by atoms with Crippen molar-refractivity contribution in [1.82, 2.24) is 14.9 Å². The first-order valence-electron chi connectivity index (χ1n) is 7.94. The Morgan fingerprint density at radius 3 is 2.58 bits per heavy atom. The first-order chi connectivity index (χ1) is 12.4. The molecule has 0 atom stereocenters. The van der Waals surface area contributed by atoms with Crippen LogP contribution in [0.3, 0.4) is 0 Å². The highest BCUT2D eigenvalue weighted by atomic mass is 19.1. The molecule has 1 aromatic carbocycles. The number of amides is 2. The largest absolute Gasteiger partial charge is 0.497 e. The molecule has 2 aromatic rings. The first kappa shape index (κ1) is 19.1. The second-order valence-corrected chi connectivity index (χ2v) is 5.39. The van der Waals surface area contributed by atoms with Crippen LogP contribution in [0.25, 0.3) is 0 Å². The number of benzene rings is 1. The number of methoxy groups -OCH3 is 1. The molecule has 2 rings (SSSR count). The number of carbonyl (C=O) groups is 2. The van der Waals surface area contributed by atoms with E-state index < -0.39 is 29.3 Å². The predicted octanol–water partition coefficient (Wildman–Crippen LogP) is 1.54. The monoisotopic (exact) mass is 362 g/mol. The van der Waals surface area contributed by atoms with Crippen LogP contribution in [0.5, 0.6) is 5.75 Å². The highest BCUT2D eigenvalue weighted by Gasteiger charge is 2.15. The van der Waals surface area contributed by atoms with Crippen molar-refractivity contribution in [2.75, 3.05) is 19.0 Å². The summed E-state index contributed by atoms with van der Waals surface area (Å²) in [5, 5.41) is 4.67. The zero-order valence-corrected chi connectivity index (χ0v) is 14.4. The maximum Gasteiger partial charge on any atom is 0.358 e. The summed E-state index contributed by atoms with van der Waals surface area (Å²) in [6.07, 6.45) is 1.32. The van der Waals surface area contributed by atoms with Gasteiger partial charge < -0.3 is 15.4 Å². The minimum Gasteiger partial charge on any atom is -0.497 e. The summed E-state index contributed by atoms with van der Waals surface area (Å²) in [6.45, 7) is 2.18. The summed E-state index contributed by atoms with van der Waals surface area (Å²) in [7, 11) is 1.53. The van der Waals surface area contributed by atoms with Gasteiger partial charge in [0.15, 0.2) is 11.6 Å². The van der Waals surface area contributed by atoms with Crippen LogP contribution in [-0.4, -0.2) is 35.1 Å². The van der Waals surface area contributed by atoms with E-state index in [1.54, 1.807) is 24.3 Å². The van der Waals surface area contributed by atoms with Gasteiger partial charge in [-0.05, 0) is 24.1 Å². The van der Waals surface area contributed by atoms with Crippen molar-refractivity contribution in [2.24, 2.45) is 0 Å². The van der Waals surface area contributed by atoms with E-state index in [0.717, 1.165) is 0 Å². The normalized spacial score (nSPS) is 10.3. The maximum absolute atomic E-state index is 14.1. The molecule has 1 heterocycles. The minimum atomic E-state index is -0.987. The van der Waals surface area contributed by atoms with Crippen LogP contribution in [-0.2, 0) is 11.2 Å². The molecule has 0 aliphatic rings. The van der Waals surface area contributed by atoms with E-state index in [2.05, 4.69) is 15.6 Å². The molecule has 0 spiro atoms. The molecular weight excluding hydrogens is 343 g/mol. The number of halogens is 1. The van der Waals surface area contributed by atoms with Gasteiger partial charge >= 0.3 is 11.7 Å². The fourth-order valence-electron chi connectivity index (χ4n) is 2.09. The lowest BCUT2D eigenvalue weighted by Crippen LogP contribution is -2.38. The average Bonchev–Trinajstić information content (AvgIpc) is 2.63. The molecule has 0 aliphatic heterocycles. The van der Waals surface area contributed by atoms with Gasteiger partial charge in [-0.2, -0.15) is 4.98 Å². The van der Waals surface area contributed by atoms with Crippen LogP contribution < -0.4 is 21.1 Å². The maximum atomic E-state index is 14.1. The van der Waals surface area contributed by atoms with E-state index in [0.29, 0.717) is 35.0 Å². The highest BCUT2D eigenvalue weighted by Crippen LogP contribution is 2.13. The van der Waals surface area contributed by atoms with Gasteiger partial charge in [0, 0.05) is 6.54 Å². The van der Waals surface area contributed by atoms with Crippen molar-refractivity contribution in [3.8, 4) is 5.75 Å². The van der Waals surface area contributed by atoms with Gasteiger partial charge in [0.1, 0.15) is 5.75 Å². The standard InChI is InChI=1S/C17H19FN4O4/c1-3-8-19-16(24)22-10-13(18)15(21-17(22)25)20-14(23)9-11-4-6-12(26-2)7-5-11/h4-7,10H,3,8-9H2,1-2H3,(H,19,24)(H,20,21,23,25). The topological polar surface area (TPSA) is 102 Å². The second kappa shape index (κ2) is 8.75. The molecule has 0 radical (unpaired) electrons. The summed E-state index contributed by atoms with van der Waals surface area (Å²) >= 11 is 0. The van der Waals surface area contributed by atoms with E-state index in [4.69, 9.17) is 4.74 Å². The molecule has 0 bridgehead atoms. The van der Waals surface area contributed by atoms with Gasteiger partial charge in [0.25, 0.3) is 0 Å². The van der Waals surface area contributed by atoms with E-state index in [9.17, 15) is 18.8 Å². The molecule has 2 N–H and O–H groups in total. The van der Waals surface area contributed by atoms with E-state index in [1.165, 1.54) is 7.11 Å². The number of nitrogens with zero attached hydrogens (tertiary/aromatic N) is 2. The van der Waals surface area contributed by atoms with E-state index in [-0.39, 0.29) is 6.42 Å². The minimum absolute atomic E-state index is 0.0365. The summed E-state index contributed by atoms with van der Waals surface area (Å²) < 4.78 is 19.6. The Labute approximate surface area is 149 Å². The van der Waals surface area contributed by atoms with Crippen molar-refractivity contribution in [3.05, 3.63) is 52.3 Å². The molecular formula is C17H19FN4O4. The molecule has 9 heteroatoms. The fraction of sp³-hybridized carbons (Fsp3) is 0.294. The number of hydrogen-bond acceptors (Lipinski definition) is 5. The Hall–Kier alpha value is -3.23. The molecule has 0 saturated heterocycles. The highest BCUT2D eigenvalue weighted by molar-refractivity contribution is 5.91. The van der Waals surface area contributed by atoms with Gasteiger partial charge in [-0.1, -0.05) is 19.1 Å². The number of hydrogen-bond donors (Lipinski definition) is 2. The Morgan fingerprint density at radius 1 is 1.27 bits per heavy atom. The quantitative estimate of drug-likeness (QED) is 0.811. The van der Waals surface area contributed by atoms with Crippen molar-refractivity contribution in [3.63, 3.8) is 0 Å². The third-order valence-corrected chi connectivity index (χ3v) is 3.41. The summed E-state index contributed by atoms with van der Waals surface area (Å²) in [6, 6.07) is 5.99. The van der Waals surface area contributed by atoms with E-state index in [1.807, 2.05) is 6.92 Å². The zero-order valence-electron chi connectivity index (χ0n) is 14.4. The number of ether oxygens (including phenoxy) is 1. The molecule has 0 aliphatic carbocycles. The van der Waals surface area contributed by atoms with Gasteiger partial charge in [-0.15, -0.1) is 0 Å².